The van der Waals surface area contributed by atoms with E-state index in [4.69, 9.17) is 31.2 Å². The summed E-state index contributed by atoms with van der Waals surface area (Å²) < 4.78 is 16.9. The number of allylic oxidation sites excluding steroid dienone is 2. The number of carbonyl (C=O) groups excluding carboxylic acids is 1. The normalized spacial score (nSPS) is 20.5. The molecule has 1 heterocycles. The van der Waals surface area contributed by atoms with E-state index in [0.717, 1.165) is 11.1 Å². The minimum Gasteiger partial charge on any atom is -0.496 e. The van der Waals surface area contributed by atoms with Gasteiger partial charge in [-0.05, 0) is 36.2 Å². The summed E-state index contributed by atoms with van der Waals surface area (Å²) in [5, 5.41) is 18.5. The van der Waals surface area contributed by atoms with Crippen LogP contribution in [0, 0.1) is 22.7 Å². The number of Topliss-reactive ketones (excluding diaryl/α,β-unsaturated/α-hetero) is 1. The molecule has 0 bridgehead atoms. The fraction of sp³-hybridized carbons (Fsp3) is 0.292. The zero-order valence-corrected chi connectivity index (χ0v) is 17.7. The molecular formula is C24H21ClN2O4. The van der Waals surface area contributed by atoms with Crippen molar-refractivity contribution in [3.63, 3.8) is 0 Å². The Bertz CT molecular complexity index is 1120. The lowest BCUT2D eigenvalue weighted by atomic mass is 9.74. The molecule has 0 spiro atoms. The van der Waals surface area contributed by atoms with E-state index in [1.165, 1.54) is 0 Å². The molecule has 2 aliphatic rings. The van der Waals surface area contributed by atoms with Crippen molar-refractivity contribution in [2.75, 3.05) is 7.11 Å². The van der Waals surface area contributed by atoms with Gasteiger partial charge in [0.15, 0.2) is 5.78 Å². The van der Waals surface area contributed by atoms with Crippen molar-refractivity contribution >= 4 is 23.3 Å². The minimum atomic E-state index is -0.869. The Balaban J connectivity index is 1.73. The van der Waals surface area contributed by atoms with Gasteiger partial charge in [0.25, 0.3) is 0 Å². The van der Waals surface area contributed by atoms with Gasteiger partial charge in [-0.3, -0.25) is 10.2 Å². The molecule has 4 rings (SSSR count). The van der Waals surface area contributed by atoms with Crippen molar-refractivity contribution in [1.29, 1.82) is 10.7 Å². The standard InChI is InChI=1S/C24H21ClN2O4/c1-29-19-10-9-14(11-15(19)13-30-20-7-3-2-5-17(20)25)22-16(12-26)24(27)31-21-8-4-6-18(28)23(21)22/h2-3,5,7,9-11,16,22,27H,4,6,8,13H2,1H3. The summed E-state index contributed by atoms with van der Waals surface area (Å²) >= 11 is 6.19. The van der Waals surface area contributed by atoms with E-state index in [0.29, 0.717) is 47.1 Å². The molecule has 2 unspecified atom stereocenters. The summed E-state index contributed by atoms with van der Waals surface area (Å²) in [6.45, 7) is 0.193. The van der Waals surface area contributed by atoms with Crippen LogP contribution in [0.1, 0.15) is 36.3 Å². The van der Waals surface area contributed by atoms with Crippen LogP contribution in [-0.4, -0.2) is 18.8 Å². The van der Waals surface area contributed by atoms with Gasteiger partial charge in [-0.2, -0.15) is 5.26 Å². The van der Waals surface area contributed by atoms with E-state index in [-0.39, 0.29) is 18.3 Å². The van der Waals surface area contributed by atoms with Crippen molar-refractivity contribution in [2.45, 2.75) is 31.8 Å². The molecule has 1 N–H and O–H groups in total. The van der Waals surface area contributed by atoms with Crippen molar-refractivity contribution in [3.8, 4) is 17.6 Å². The maximum absolute atomic E-state index is 12.8. The Morgan fingerprint density at radius 3 is 2.77 bits per heavy atom. The monoisotopic (exact) mass is 436 g/mol. The van der Waals surface area contributed by atoms with E-state index in [2.05, 4.69) is 6.07 Å². The summed E-state index contributed by atoms with van der Waals surface area (Å²) in [6.07, 6.45) is 1.70. The van der Waals surface area contributed by atoms with E-state index >= 15 is 0 Å². The first-order chi connectivity index (χ1) is 15.0. The average molecular weight is 437 g/mol. The number of ketones is 1. The van der Waals surface area contributed by atoms with Crippen LogP contribution in [-0.2, 0) is 16.1 Å². The predicted molar refractivity (Wildman–Crippen MR) is 115 cm³/mol. The van der Waals surface area contributed by atoms with Crippen LogP contribution < -0.4 is 9.47 Å². The van der Waals surface area contributed by atoms with Gasteiger partial charge < -0.3 is 14.2 Å². The molecule has 2 aromatic carbocycles. The molecule has 6 nitrogen and oxygen atoms in total. The molecule has 0 aromatic heterocycles. The maximum atomic E-state index is 12.8. The topological polar surface area (TPSA) is 92.4 Å². The molecule has 2 aromatic rings. The minimum absolute atomic E-state index is 0.0244. The predicted octanol–water partition coefficient (Wildman–Crippen LogP) is 5.17. The molecule has 7 heteroatoms. The number of hydrogen-bond acceptors (Lipinski definition) is 6. The van der Waals surface area contributed by atoms with Crippen molar-refractivity contribution < 1.29 is 19.0 Å². The summed E-state index contributed by atoms with van der Waals surface area (Å²) in [4.78, 5) is 12.8. The Labute approximate surface area is 185 Å². The highest BCUT2D eigenvalue weighted by molar-refractivity contribution is 6.32. The Morgan fingerprint density at radius 1 is 1.23 bits per heavy atom. The number of halogens is 1. The van der Waals surface area contributed by atoms with Gasteiger partial charge in [0.05, 0.1) is 18.2 Å². The zero-order valence-electron chi connectivity index (χ0n) is 17.0. The number of carbonyl (C=O) groups is 1. The molecule has 1 aliphatic carbocycles. The van der Waals surface area contributed by atoms with Crippen LogP contribution in [0.25, 0.3) is 0 Å². The molecule has 31 heavy (non-hydrogen) atoms. The van der Waals surface area contributed by atoms with Gasteiger partial charge in [0, 0.05) is 29.9 Å². The van der Waals surface area contributed by atoms with Crippen LogP contribution in [0.4, 0.5) is 0 Å². The maximum Gasteiger partial charge on any atom is 0.205 e. The van der Waals surface area contributed by atoms with Gasteiger partial charge in [-0.1, -0.05) is 29.8 Å². The SMILES string of the molecule is COc1ccc(C2C3=C(CCCC3=O)OC(=N)C2C#N)cc1COc1ccccc1Cl. The van der Waals surface area contributed by atoms with Gasteiger partial charge in [0.2, 0.25) is 5.90 Å². The lowest BCUT2D eigenvalue weighted by molar-refractivity contribution is -0.116. The van der Waals surface area contributed by atoms with Gasteiger partial charge in [-0.15, -0.1) is 0 Å². The number of nitrogens with zero attached hydrogens (tertiary/aromatic N) is 1. The van der Waals surface area contributed by atoms with Crippen LogP contribution in [0.15, 0.2) is 53.8 Å². The van der Waals surface area contributed by atoms with E-state index in [1.807, 2.05) is 24.3 Å². The highest BCUT2D eigenvalue weighted by Crippen LogP contribution is 2.44. The second-order valence-electron chi connectivity index (χ2n) is 7.45. The lowest BCUT2D eigenvalue weighted by Crippen LogP contribution is -2.34. The number of benzene rings is 2. The number of nitrogens with one attached hydrogen (secondary N) is 1. The number of nitriles is 1. The third kappa shape index (κ3) is 4.01. The summed E-state index contributed by atoms with van der Waals surface area (Å²) in [7, 11) is 1.57. The Kier molecular flexibility index (Phi) is 5.97. The molecule has 158 valence electrons. The summed E-state index contributed by atoms with van der Waals surface area (Å²) in [5.41, 5.74) is 2.01. The Morgan fingerprint density at radius 2 is 2.03 bits per heavy atom. The van der Waals surface area contributed by atoms with Crippen LogP contribution in [0.5, 0.6) is 11.5 Å². The third-order valence-electron chi connectivity index (χ3n) is 5.59. The van der Waals surface area contributed by atoms with E-state index < -0.39 is 11.8 Å². The van der Waals surface area contributed by atoms with Gasteiger partial charge in [0.1, 0.15) is 29.8 Å². The quantitative estimate of drug-likeness (QED) is 0.698. The van der Waals surface area contributed by atoms with Crippen molar-refractivity contribution in [2.24, 2.45) is 5.92 Å². The molecule has 2 atom stereocenters. The average Bonchev–Trinajstić information content (AvgIpc) is 2.77. The molecule has 0 saturated heterocycles. The number of ether oxygens (including phenoxy) is 3. The first kappa shape index (κ1) is 21.0. The van der Waals surface area contributed by atoms with Crippen LogP contribution in [0.2, 0.25) is 5.02 Å². The molecule has 0 radical (unpaired) electrons. The van der Waals surface area contributed by atoms with E-state index in [9.17, 15) is 10.1 Å². The number of para-hydroxylation sites is 1. The van der Waals surface area contributed by atoms with Crippen LogP contribution >= 0.6 is 11.6 Å². The highest BCUT2D eigenvalue weighted by Gasteiger charge is 2.42. The van der Waals surface area contributed by atoms with Gasteiger partial charge >= 0.3 is 0 Å². The van der Waals surface area contributed by atoms with Gasteiger partial charge in [-0.25, -0.2) is 0 Å². The second kappa shape index (κ2) is 8.83. The molecule has 1 aliphatic heterocycles. The Hall–Kier alpha value is -3.30. The largest absolute Gasteiger partial charge is 0.496 e. The zero-order chi connectivity index (χ0) is 22.0. The third-order valence-corrected chi connectivity index (χ3v) is 5.90. The number of hydrogen-bond donors (Lipinski definition) is 1. The van der Waals surface area contributed by atoms with E-state index in [1.54, 1.807) is 25.3 Å². The molecule has 0 amide bonds. The highest BCUT2D eigenvalue weighted by atomic mass is 35.5. The lowest BCUT2D eigenvalue weighted by Gasteiger charge is -2.34. The second-order valence-corrected chi connectivity index (χ2v) is 7.86. The number of methoxy groups -OCH3 is 1. The van der Waals surface area contributed by atoms with Crippen LogP contribution in [0.3, 0.4) is 0 Å². The van der Waals surface area contributed by atoms with Crippen molar-refractivity contribution in [1.82, 2.24) is 0 Å². The number of rotatable bonds is 5. The molecule has 0 saturated carbocycles. The fourth-order valence-corrected chi connectivity index (χ4v) is 4.31. The summed E-state index contributed by atoms with van der Waals surface area (Å²) in [5.74, 6) is 0.116. The molecule has 0 fully saturated rings. The fourth-order valence-electron chi connectivity index (χ4n) is 4.12. The summed E-state index contributed by atoms with van der Waals surface area (Å²) in [6, 6.07) is 14.8. The molecular weight excluding hydrogens is 416 g/mol. The first-order valence-corrected chi connectivity index (χ1v) is 10.4. The van der Waals surface area contributed by atoms with Crippen molar-refractivity contribution in [3.05, 3.63) is 69.9 Å². The first-order valence-electron chi connectivity index (χ1n) is 9.99. The smallest absolute Gasteiger partial charge is 0.205 e.